The van der Waals surface area contributed by atoms with Crippen molar-refractivity contribution in [3.05, 3.63) is 35.4 Å². The summed E-state index contributed by atoms with van der Waals surface area (Å²) in [4.78, 5) is 0. The fourth-order valence-electron chi connectivity index (χ4n) is 1.44. The minimum Gasteiger partial charge on any atom is -0.387 e. The molecule has 1 unspecified atom stereocenters. The third-order valence-corrected chi connectivity index (χ3v) is 2.33. The normalized spacial score (nSPS) is 12.9. The van der Waals surface area contributed by atoms with E-state index in [9.17, 15) is 22.7 Å². The Bertz CT molecular complexity index is 390. The molecule has 1 aromatic carbocycles. The van der Waals surface area contributed by atoms with E-state index in [2.05, 4.69) is 10.1 Å². The lowest BCUT2D eigenvalue weighted by Crippen LogP contribution is -2.26. The van der Waals surface area contributed by atoms with Gasteiger partial charge in [0.15, 0.2) is 0 Å². The third kappa shape index (κ3) is 6.00. The summed E-state index contributed by atoms with van der Waals surface area (Å²) in [6, 6.07) is 2.89. The second kappa shape index (κ2) is 8.08. The van der Waals surface area contributed by atoms with Gasteiger partial charge in [-0.15, -0.1) is 0 Å². The molecule has 2 N–H and O–H groups in total. The van der Waals surface area contributed by atoms with E-state index in [0.29, 0.717) is 6.07 Å². The molecule has 0 aliphatic heterocycles. The number of hydrogen-bond donors (Lipinski definition) is 2. The van der Waals surface area contributed by atoms with Crippen molar-refractivity contribution >= 4 is 0 Å². The van der Waals surface area contributed by atoms with Gasteiger partial charge in [-0.3, -0.25) is 0 Å². The van der Waals surface area contributed by atoms with Gasteiger partial charge >= 0.3 is 0 Å². The molecule has 7 heteroatoms. The number of aliphatic hydroxyl groups is 1. The number of nitrogens with one attached hydrogen (secondary N) is 1. The van der Waals surface area contributed by atoms with Crippen molar-refractivity contribution in [2.45, 2.75) is 12.5 Å². The Balaban J connectivity index is 2.25. The van der Waals surface area contributed by atoms with Gasteiger partial charge in [0.05, 0.1) is 12.7 Å². The lowest BCUT2D eigenvalue weighted by Gasteiger charge is -2.13. The maximum absolute atomic E-state index is 13.3. The molecule has 0 amide bonds. The van der Waals surface area contributed by atoms with Crippen LogP contribution in [-0.2, 0) is 4.74 Å². The highest BCUT2D eigenvalue weighted by atomic mass is 19.3. The minimum absolute atomic E-state index is 0.0145. The van der Waals surface area contributed by atoms with E-state index in [0.717, 1.165) is 12.1 Å². The van der Waals surface area contributed by atoms with Gasteiger partial charge in [0.2, 0.25) is 0 Å². The first-order valence-corrected chi connectivity index (χ1v) is 5.70. The van der Waals surface area contributed by atoms with Crippen molar-refractivity contribution in [2.75, 3.05) is 26.3 Å². The fourth-order valence-corrected chi connectivity index (χ4v) is 1.44. The topological polar surface area (TPSA) is 41.5 Å². The summed E-state index contributed by atoms with van der Waals surface area (Å²) in [5.74, 6) is -1.55. The first kappa shape index (κ1) is 15.9. The van der Waals surface area contributed by atoms with Crippen LogP contribution in [0.1, 0.15) is 11.7 Å². The average molecular weight is 281 g/mol. The Labute approximate surface area is 108 Å². The molecule has 0 spiro atoms. The van der Waals surface area contributed by atoms with E-state index in [1.807, 2.05) is 0 Å². The average Bonchev–Trinajstić information content (AvgIpc) is 2.32. The summed E-state index contributed by atoms with van der Waals surface area (Å²) < 4.78 is 54.0. The largest absolute Gasteiger partial charge is 0.387 e. The van der Waals surface area contributed by atoms with E-state index >= 15 is 0 Å². The van der Waals surface area contributed by atoms with Crippen LogP contribution in [0, 0.1) is 11.6 Å². The molecule has 0 bridgehead atoms. The highest BCUT2D eigenvalue weighted by molar-refractivity contribution is 5.21. The number of benzene rings is 1. The van der Waals surface area contributed by atoms with Crippen LogP contribution in [-0.4, -0.2) is 37.8 Å². The smallest absolute Gasteiger partial charge is 0.261 e. The molecule has 0 saturated heterocycles. The van der Waals surface area contributed by atoms with Crippen LogP contribution >= 0.6 is 0 Å². The van der Waals surface area contributed by atoms with Gasteiger partial charge in [-0.05, 0) is 6.07 Å². The van der Waals surface area contributed by atoms with Gasteiger partial charge < -0.3 is 15.2 Å². The van der Waals surface area contributed by atoms with Crippen molar-refractivity contribution in [2.24, 2.45) is 0 Å². The second-order valence-corrected chi connectivity index (χ2v) is 3.85. The number of alkyl halides is 2. The fraction of sp³-hybridized carbons (Fsp3) is 0.500. The van der Waals surface area contributed by atoms with Gasteiger partial charge in [-0.1, -0.05) is 6.07 Å². The zero-order valence-corrected chi connectivity index (χ0v) is 10.1. The van der Waals surface area contributed by atoms with Crippen LogP contribution in [0.25, 0.3) is 0 Å². The van der Waals surface area contributed by atoms with E-state index in [4.69, 9.17) is 0 Å². The monoisotopic (exact) mass is 281 g/mol. The Hall–Kier alpha value is -1.18. The van der Waals surface area contributed by atoms with Gasteiger partial charge in [0.25, 0.3) is 6.43 Å². The molecule has 0 heterocycles. The number of ether oxygens (including phenoxy) is 1. The SMILES string of the molecule is OC(CNCCOCC(F)F)c1ccc(F)cc1F. The zero-order valence-electron chi connectivity index (χ0n) is 10.1. The number of hydrogen-bond acceptors (Lipinski definition) is 3. The van der Waals surface area contributed by atoms with Crippen molar-refractivity contribution in [1.82, 2.24) is 5.32 Å². The summed E-state index contributed by atoms with van der Waals surface area (Å²) in [6.07, 6.45) is -3.66. The first-order valence-electron chi connectivity index (χ1n) is 5.70. The van der Waals surface area contributed by atoms with Gasteiger partial charge in [-0.25, -0.2) is 17.6 Å². The van der Waals surface area contributed by atoms with Crippen LogP contribution in [0.5, 0.6) is 0 Å². The predicted octanol–water partition coefficient (Wildman–Crippen LogP) is 1.87. The second-order valence-electron chi connectivity index (χ2n) is 3.85. The van der Waals surface area contributed by atoms with Crippen LogP contribution < -0.4 is 5.32 Å². The molecular weight excluding hydrogens is 266 g/mol. The van der Waals surface area contributed by atoms with E-state index < -0.39 is 30.8 Å². The Morgan fingerprint density at radius 2 is 2.00 bits per heavy atom. The van der Waals surface area contributed by atoms with Crippen molar-refractivity contribution in [3.63, 3.8) is 0 Å². The molecule has 1 rings (SSSR count). The highest BCUT2D eigenvalue weighted by Gasteiger charge is 2.12. The van der Waals surface area contributed by atoms with Crippen molar-refractivity contribution in [1.29, 1.82) is 0 Å². The summed E-state index contributed by atoms with van der Waals surface area (Å²) in [5, 5.41) is 12.4. The Morgan fingerprint density at radius 3 is 2.63 bits per heavy atom. The van der Waals surface area contributed by atoms with E-state index in [1.165, 1.54) is 0 Å². The molecular formula is C12H15F4NO2. The van der Waals surface area contributed by atoms with Crippen LogP contribution in [0.2, 0.25) is 0 Å². The van der Waals surface area contributed by atoms with Crippen molar-refractivity contribution < 1.29 is 27.4 Å². The molecule has 19 heavy (non-hydrogen) atoms. The summed E-state index contributed by atoms with van der Waals surface area (Å²) in [7, 11) is 0. The quantitative estimate of drug-likeness (QED) is 0.564. The molecule has 1 atom stereocenters. The third-order valence-electron chi connectivity index (χ3n) is 2.33. The number of rotatable bonds is 8. The lowest BCUT2D eigenvalue weighted by molar-refractivity contribution is 0.0180. The van der Waals surface area contributed by atoms with Crippen LogP contribution in [0.3, 0.4) is 0 Å². The number of aliphatic hydroxyl groups excluding tert-OH is 1. The molecule has 0 radical (unpaired) electrons. The summed E-state index contributed by atoms with van der Waals surface area (Å²) in [6.45, 7) is -0.326. The lowest BCUT2D eigenvalue weighted by atomic mass is 10.1. The van der Waals surface area contributed by atoms with E-state index in [1.54, 1.807) is 0 Å². The summed E-state index contributed by atoms with van der Waals surface area (Å²) >= 11 is 0. The Kier molecular flexibility index (Phi) is 6.75. The van der Waals surface area contributed by atoms with Gasteiger partial charge in [0, 0.05) is 24.7 Å². The minimum atomic E-state index is -2.51. The molecule has 108 valence electrons. The highest BCUT2D eigenvalue weighted by Crippen LogP contribution is 2.17. The molecule has 0 aromatic heterocycles. The maximum atomic E-state index is 13.3. The molecule has 0 saturated carbocycles. The zero-order chi connectivity index (χ0) is 14.3. The molecule has 0 fully saturated rings. The predicted molar refractivity (Wildman–Crippen MR) is 61.0 cm³/mol. The first-order chi connectivity index (χ1) is 9.00. The summed E-state index contributed by atoms with van der Waals surface area (Å²) in [5.41, 5.74) is -0.0256. The molecule has 0 aliphatic carbocycles. The molecule has 3 nitrogen and oxygen atoms in total. The van der Waals surface area contributed by atoms with Crippen LogP contribution in [0.4, 0.5) is 17.6 Å². The molecule has 0 aliphatic rings. The van der Waals surface area contributed by atoms with Gasteiger partial charge in [0.1, 0.15) is 18.2 Å². The van der Waals surface area contributed by atoms with Crippen LogP contribution in [0.15, 0.2) is 18.2 Å². The Morgan fingerprint density at radius 1 is 1.26 bits per heavy atom. The van der Waals surface area contributed by atoms with Crippen molar-refractivity contribution in [3.8, 4) is 0 Å². The standard InChI is InChI=1S/C12H15F4NO2/c13-8-1-2-9(10(14)5-8)11(18)6-17-3-4-19-7-12(15)16/h1-2,5,11-12,17-18H,3-4,6-7H2. The maximum Gasteiger partial charge on any atom is 0.261 e. The molecule has 1 aromatic rings. The van der Waals surface area contributed by atoms with E-state index in [-0.39, 0.29) is 25.3 Å². The number of halogens is 4. The van der Waals surface area contributed by atoms with Gasteiger partial charge in [-0.2, -0.15) is 0 Å².